The molecule has 1 N–H and O–H groups in total. The van der Waals surface area contributed by atoms with Crippen LogP contribution in [-0.2, 0) is 26.1 Å². The molecule has 3 rings (SSSR count). The second-order valence-corrected chi connectivity index (χ2v) is 8.46. The molecule has 0 unspecified atom stereocenters. The summed E-state index contributed by atoms with van der Waals surface area (Å²) in [4.78, 5) is 14.2. The molecule has 164 valence electrons. The highest BCUT2D eigenvalue weighted by Gasteiger charge is 2.20. The summed E-state index contributed by atoms with van der Waals surface area (Å²) in [7, 11) is -2.24. The van der Waals surface area contributed by atoms with Gasteiger partial charge in [-0.3, -0.25) is 4.79 Å². The maximum Gasteiger partial charge on any atom is 0.240 e. The zero-order valence-electron chi connectivity index (χ0n) is 16.8. The van der Waals surface area contributed by atoms with Crippen molar-refractivity contribution >= 4 is 15.9 Å². The molecule has 2 aromatic rings. The monoisotopic (exact) mass is 438 g/mol. The molecule has 1 aliphatic rings. The number of sulfonamides is 1. The first kappa shape index (κ1) is 22.1. The normalized spacial score (nSPS) is 13.6. The average Bonchev–Trinajstić information content (AvgIpc) is 3.13. The lowest BCUT2D eigenvalue weighted by Gasteiger charge is -2.21. The molecule has 10 heteroatoms. The Balaban J connectivity index is 1.58. The summed E-state index contributed by atoms with van der Waals surface area (Å²) >= 11 is 0. The summed E-state index contributed by atoms with van der Waals surface area (Å²) in [6.07, 6.45) is 2.28. The van der Waals surface area contributed by atoms with Crippen LogP contribution in [0.1, 0.15) is 18.6 Å². The fourth-order valence-corrected chi connectivity index (χ4v) is 3.98. The molecular weight excluding hydrogens is 412 g/mol. The Morgan fingerprint density at radius 3 is 2.73 bits per heavy atom. The SMILES string of the molecule is COCCN(Cc1ccco1)C(=O)CCNS(=O)(=O)c1ccc2c(c1)OCCCO2. The van der Waals surface area contributed by atoms with E-state index in [0.717, 1.165) is 6.42 Å². The van der Waals surface area contributed by atoms with Gasteiger partial charge in [-0.05, 0) is 24.3 Å². The fourth-order valence-electron chi connectivity index (χ4n) is 2.93. The highest BCUT2D eigenvalue weighted by molar-refractivity contribution is 7.89. The molecular formula is C20H26N2O7S. The Hall–Kier alpha value is -2.56. The van der Waals surface area contributed by atoms with Crippen LogP contribution in [0.25, 0.3) is 0 Å². The van der Waals surface area contributed by atoms with Crippen molar-refractivity contribution in [1.29, 1.82) is 0 Å². The van der Waals surface area contributed by atoms with Crippen molar-refractivity contribution in [1.82, 2.24) is 9.62 Å². The van der Waals surface area contributed by atoms with Crippen LogP contribution in [0.5, 0.6) is 11.5 Å². The van der Waals surface area contributed by atoms with Crippen molar-refractivity contribution in [2.75, 3.05) is 40.0 Å². The number of hydrogen-bond donors (Lipinski definition) is 1. The molecule has 9 nitrogen and oxygen atoms in total. The van der Waals surface area contributed by atoms with E-state index in [0.29, 0.717) is 50.2 Å². The summed E-state index contributed by atoms with van der Waals surface area (Å²) in [6, 6.07) is 8.00. The fraction of sp³-hybridized carbons (Fsp3) is 0.450. The number of methoxy groups -OCH3 is 1. The minimum Gasteiger partial charge on any atom is -0.490 e. The molecule has 0 saturated carbocycles. The smallest absolute Gasteiger partial charge is 0.240 e. The van der Waals surface area contributed by atoms with Crippen LogP contribution < -0.4 is 14.2 Å². The summed E-state index contributed by atoms with van der Waals surface area (Å²) in [6.45, 7) is 2.00. The van der Waals surface area contributed by atoms with Gasteiger partial charge in [0.1, 0.15) is 5.76 Å². The number of hydrogen-bond acceptors (Lipinski definition) is 7. The number of ether oxygens (including phenoxy) is 3. The van der Waals surface area contributed by atoms with Gasteiger partial charge in [0.15, 0.2) is 11.5 Å². The molecule has 0 spiro atoms. The van der Waals surface area contributed by atoms with E-state index in [9.17, 15) is 13.2 Å². The Bertz CT molecular complexity index is 929. The Labute approximate surface area is 175 Å². The lowest BCUT2D eigenvalue weighted by Crippen LogP contribution is -2.36. The van der Waals surface area contributed by atoms with Gasteiger partial charge in [0.25, 0.3) is 0 Å². The average molecular weight is 439 g/mol. The first-order valence-electron chi connectivity index (χ1n) is 9.68. The van der Waals surface area contributed by atoms with Crippen LogP contribution in [-0.4, -0.2) is 59.2 Å². The van der Waals surface area contributed by atoms with Gasteiger partial charge in [-0.15, -0.1) is 0 Å². The summed E-state index contributed by atoms with van der Waals surface area (Å²) in [5.41, 5.74) is 0. The van der Waals surface area contributed by atoms with E-state index in [1.54, 1.807) is 30.2 Å². The molecule has 0 fully saturated rings. The molecule has 2 heterocycles. The van der Waals surface area contributed by atoms with Gasteiger partial charge in [-0.1, -0.05) is 0 Å². The third-order valence-electron chi connectivity index (χ3n) is 4.51. The minimum absolute atomic E-state index is 0.00814. The van der Waals surface area contributed by atoms with Gasteiger partial charge >= 0.3 is 0 Å². The standard InChI is InChI=1S/C20H26N2O7S/c1-26-13-9-22(15-16-4-2-10-27-16)20(23)7-8-21-30(24,25)17-5-6-18-19(14-17)29-12-3-11-28-18/h2,4-6,10,14,21H,3,7-9,11-13,15H2,1H3. The van der Waals surface area contributed by atoms with Crippen molar-refractivity contribution in [2.45, 2.75) is 24.3 Å². The minimum atomic E-state index is -3.79. The quantitative estimate of drug-likeness (QED) is 0.602. The highest BCUT2D eigenvalue weighted by Crippen LogP contribution is 2.31. The molecule has 0 radical (unpaired) electrons. The van der Waals surface area contributed by atoms with Crippen molar-refractivity contribution < 1.29 is 31.8 Å². The number of rotatable bonds is 10. The number of nitrogens with zero attached hydrogens (tertiary/aromatic N) is 1. The van der Waals surface area contributed by atoms with Crippen LogP contribution in [0.15, 0.2) is 45.9 Å². The van der Waals surface area contributed by atoms with E-state index in [4.69, 9.17) is 18.6 Å². The molecule has 1 aliphatic heterocycles. The summed E-state index contributed by atoms with van der Waals surface area (Å²) in [5, 5.41) is 0. The maximum atomic E-state index is 12.6. The molecule has 30 heavy (non-hydrogen) atoms. The lowest BCUT2D eigenvalue weighted by atomic mass is 10.3. The van der Waals surface area contributed by atoms with Crippen molar-refractivity contribution in [3.63, 3.8) is 0 Å². The van der Waals surface area contributed by atoms with E-state index in [1.165, 1.54) is 18.4 Å². The number of carbonyl (C=O) groups is 1. The van der Waals surface area contributed by atoms with E-state index in [2.05, 4.69) is 4.72 Å². The van der Waals surface area contributed by atoms with Crippen LogP contribution >= 0.6 is 0 Å². The van der Waals surface area contributed by atoms with Crippen LogP contribution in [0, 0.1) is 0 Å². The Morgan fingerprint density at radius 1 is 1.20 bits per heavy atom. The van der Waals surface area contributed by atoms with Crippen LogP contribution in [0.2, 0.25) is 0 Å². The van der Waals surface area contributed by atoms with E-state index >= 15 is 0 Å². The first-order valence-corrected chi connectivity index (χ1v) is 11.2. The van der Waals surface area contributed by atoms with Gasteiger partial charge in [0.2, 0.25) is 15.9 Å². The number of furan rings is 1. The predicted octanol–water partition coefficient (Wildman–Crippen LogP) is 1.78. The van der Waals surface area contributed by atoms with Crippen LogP contribution in [0.4, 0.5) is 0 Å². The summed E-state index contributed by atoms with van der Waals surface area (Å²) < 4.78 is 49.1. The van der Waals surface area contributed by atoms with E-state index in [1.807, 2.05) is 0 Å². The zero-order valence-corrected chi connectivity index (χ0v) is 17.7. The Morgan fingerprint density at radius 2 is 2.00 bits per heavy atom. The van der Waals surface area contributed by atoms with Gasteiger partial charge in [0, 0.05) is 39.1 Å². The number of carbonyl (C=O) groups excluding carboxylic acids is 1. The third kappa shape index (κ3) is 5.97. The van der Waals surface area contributed by atoms with Gasteiger partial charge in [0.05, 0.1) is 37.5 Å². The predicted molar refractivity (Wildman–Crippen MR) is 108 cm³/mol. The summed E-state index contributed by atoms with van der Waals surface area (Å²) in [5.74, 6) is 1.36. The van der Waals surface area contributed by atoms with Gasteiger partial charge in [-0.2, -0.15) is 0 Å². The Kier molecular flexibility index (Phi) is 7.72. The third-order valence-corrected chi connectivity index (χ3v) is 5.96. The maximum absolute atomic E-state index is 12.6. The van der Waals surface area contributed by atoms with Crippen molar-refractivity contribution in [3.8, 4) is 11.5 Å². The van der Waals surface area contributed by atoms with E-state index < -0.39 is 10.0 Å². The molecule has 1 aromatic carbocycles. The molecule has 0 atom stereocenters. The number of nitrogens with one attached hydrogen (secondary N) is 1. The molecule has 0 aliphatic carbocycles. The largest absolute Gasteiger partial charge is 0.490 e. The molecule has 0 saturated heterocycles. The lowest BCUT2D eigenvalue weighted by molar-refractivity contribution is -0.132. The second-order valence-electron chi connectivity index (χ2n) is 6.69. The van der Waals surface area contributed by atoms with E-state index in [-0.39, 0.29) is 23.8 Å². The number of fused-ring (bicyclic) bond motifs is 1. The van der Waals surface area contributed by atoms with Gasteiger partial charge < -0.3 is 23.5 Å². The van der Waals surface area contributed by atoms with Crippen molar-refractivity contribution in [2.24, 2.45) is 0 Å². The highest BCUT2D eigenvalue weighted by atomic mass is 32.2. The van der Waals surface area contributed by atoms with Crippen molar-refractivity contribution in [3.05, 3.63) is 42.4 Å². The second kappa shape index (κ2) is 10.5. The number of benzene rings is 1. The van der Waals surface area contributed by atoms with Gasteiger partial charge in [-0.25, -0.2) is 13.1 Å². The topological polar surface area (TPSA) is 107 Å². The molecule has 1 amide bonds. The molecule has 0 bridgehead atoms. The zero-order chi connectivity index (χ0) is 21.4. The van der Waals surface area contributed by atoms with Crippen LogP contribution in [0.3, 0.4) is 0 Å². The number of amides is 1. The first-order chi connectivity index (χ1) is 14.5. The molecule has 1 aromatic heterocycles.